The van der Waals surface area contributed by atoms with Crippen LogP contribution in [0.25, 0.3) is 11.3 Å². The summed E-state index contributed by atoms with van der Waals surface area (Å²) >= 11 is 11.7. The van der Waals surface area contributed by atoms with Gasteiger partial charge in [-0.1, -0.05) is 29.8 Å². The zero-order chi connectivity index (χ0) is 10.8. The Bertz CT molecular complexity index is 480. The van der Waals surface area contributed by atoms with Crippen molar-refractivity contribution < 1.29 is 0 Å². The quantitative estimate of drug-likeness (QED) is 0.779. The van der Waals surface area contributed by atoms with Crippen LogP contribution in [0.3, 0.4) is 0 Å². The number of benzene rings is 1. The molecule has 0 bridgehead atoms. The van der Waals surface area contributed by atoms with Crippen LogP contribution in [0.1, 0.15) is 0 Å². The summed E-state index contributed by atoms with van der Waals surface area (Å²) in [6.45, 7) is 0. The number of halogens is 2. The topological polar surface area (TPSA) is 51.8 Å². The summed E-state index contributed by atoms with van der Waals surface area (Å²) < 4.78 is 0. The summed E-state index contributed by atoms with van der Waals surface area (Å²) in [5, 5.41) is 0.719. The molecule has 2 aromatic rings. The number of hydrogen-bond acceptors (Lipinski definition) is 3. The predicted octanol–water partition coefficient (Wildman–Crippen LogP) is 3.03. The van der Waals surface area contributed by atoms with Crippen LogP contribution in [0, 0.1) is 0 Å². The second-order valence-corrected chi connectivity index (χ2v) is 3.67. The van der Waals surface area contributed by atoms with Gasteiger partial charge in [0.25, 0.3) is 0 Å². The molecule has 0 atom stereocenters. The molecule has 0 saturated heterocycles. The van der Waals surface area contributed by atoms with Crippen molar-refractivity contribution in [1.29, 1.82) is 0 Å². The normalized spacial score (nSPS) is 10.3. The molecular formula is C10H7Cl2N3. The molecule has 0 spiro atoms. The van der Waals surface area contributed by atoms with Gasteiger partial charge in [0.2, 0.25) is 5.28 Å². The number of hydrogen-bond donors (Lipinski definition) is 1. The number of nitrogens with two attached hydrogens (primary N) is 1. The van der Waals surface area contributed by atoms with Crippen molar-refractivity contribution in [1.82, 2.24) is 9.97 Å². The number of aromatic nitrogens is 2. The molecule has 0 aliphatic rings. The summed E-state index contributed by atoms with van der Waals surface area (Å²) in [6, 6.07) is 8.97. The molecule has 1 heterocycles. The van der Waals surface area contributed by atoms with E-state index in [0.29, 0.717) is 16.5 Å². The Balaban J connectivity index is 2.59. The summed E-state index contributed by atoms with van der Waals surface area (Å²) in [5.41, 5.74) is 6.98. The second-order valence-electron chi connectivity index (χ2n) is 2.93. The van der Waals surface area contributed by atoms with Crippen molar-refractivity contribution in [3.63, 3.8) is 0 Å². The van der Waals surface area contributed by atoms with Crippen LogP contribution in [-0.4, -0.2) is 9.97 Å². The highest BCUT2D eigenvalue weighted by Gasteiger charge is 2.06. The van der Waals surface area contributed by atoms with Crippen molar-refractivity contribution >= 4 is 29.0 Å². The van der Waals surface area contributed by atoms with Crippen LogP contribution in [0.2, 0.25) is 10.3 Å². The van der Waals surface area contributed by atoms with Crippen molar-refractivity contribution in [3.8, 4) is 11.3 Å². The lowest BCUT2D eigenvalue weighted by molar-refractivity contribution is 1.18. The standard InChI is InChI=1S/C10H7Cl2N3/c11-7-4-2-1-3-6(7)8-5-9(13)15-10(12)14-8/h1-5H,(H2,13,14,15). The van der Waals surface area contributed by atoms with Crippen molar-refractivity contribution in [3.05, 3.63) is 40.6 Å². The van der Waals surface area contributed by atoms with Crippen LogP contribution in [0.5, 0.6) is 0 Å². The minimum atomic E-state index is 0.116. The third-order valence-electron chi connectivity index (χ3n) is 1.87. The third-order valence-corrected chi connectivity index (χ3v) is 2.37. The van der Waals surface area contributed by atoms with Crippen LogP contribution >= 0.6 is 23.2 Å². The first-order valence-corrected chi connectivity index (χ1v) is 4.97. The molecule has 0 aliphatic heterocycles. The zero-order valence-electron chi connectivity index (χ0n) is 7.61. The van der Waals surface area contributed by atoms with E-state index in [-0.39, 0.29) is 5.28 Å². The van der Waals surface area contributed by atoms with Gasteiger partial charge in [0.15, 0.2) is 0 Å². The molecular weight excluding hydrogens is 233 g/mol. The fourth-order valence-corrected chi connectivity index (χ4v) is 1.66. The first-order valence-electron chi connectivity index (χ1n) is 4.22. The van der Waals surface area contributed by atoms with Gasteiger partial charge >= 0.3 is 0 Å². The van der Waals surface area contributed by atoms with Gasteiger partial charge in [-0.2, -0.15) is 0 Å². The van der Waals surface area contributed by atoms with E-state index in [0.717, 1.165) is 5.56 Å². The molecule has 2 N–H and O–H groups in total. The molecule has 3 nitrogen and oxygen atoms in total. The molecule has 0 radical (unpaired) electrons. The lowest BCUT2D eigenvalue weighted by atomic mass is 10.1. The lowest BCUT2D eigenvalue weighted by Crippen LogP contribution is -1.94. The molecule has 15 heavy (non-hydrogen) atoms. The second kappa shape index (κ2) is 4.04. The highest BCUT2D eigenvalue weighted by Crippen LogP contribution is 2.27. The smallest absolute Gasteiger partial charge is 0.224 e. The molecule has 0 aliphatic carbocycles. The summed E-state index contributed by atoms with van der Waals surface area (Å²) in [6.07, 6.45) is 0. The lowest BCUT2D eigenvalue weighted by Gasteiger charge is -2.04. The maximum atomic E-state index is 6.02. The molecule has 0 amide bonds. The molecule has 0 unspecified atom stereocenters. The van der Waals surface area contributed by atoms with Crippen LogP contribution < -0.4 is 5.73 Å². The molecule has 76 valence electrons. The Morgan fingerprint density at radius 3 is 2.47 bits per heavy atom. The van der Waals surface area contributed by atoms with Crippen molar-refractivity contribution in [2.75, 3.05) is 5.73 Å². The molecule has 0 saturated carbocycles. The van der Waals surface area contributed by atoms with Gasteiger partial charge in [-0.15, -0.1) is 0 Å². The van der Waals surface area contributed by atoms with E-state index >= 15 is 0 Å². The van der Waals surface area contributed by atoms with E-state index in [1.807, 2.05) is 18.2 Å². The molecule has 1 aromatic heterocycles. The number of anilines is 1. The fraction of sp³-hybridized carbons (Fsp3) is 0. The summed E-state index contributed by atoms with van der Waals surface area (Å²) in [7, 11) is 0. The highest BCUT2D eigenvalue weighted by atomic mass is 35.5. The minimum absolute atomic E-state index is 0.116. The molecule has 0 fully saturated rings. The highest BCUT2D eigenvalue weighted by molar-refractivity contribution is 6.33. The van der Waals surface area contributed by atoms with Gasteiger partial charge < -0.3 is 5.73 Å². The van der Waals surface area contributed by atoms with Crippen molar-refractivity contribution in [2.24, 2.45) is 0 Å². The molecule has 1 aromatic carbocycles. The third kappa shape index (κ3) is 2.19. The summed E-state index contributed by atoms with van der Waals surface area (Å²) in [4.78, 5) is 7.83. The van der Waals surface area contributed by atoms with Crippen LogP contribution in [-0.2, 0) is 0 Å². The van der Waals surface area contributed by atoms with Crippen molar-refractivity contribution in [2.45, 2.75) is 0 Å². The van der Waals surface area contributed by atoms with Gasteiger partial charge in [-0.25, -0.2) is 9.97 Å². The average Bonchev–Trinajstić information content (AvgIpc) is 2.16. The van der Waals surface area contributed by atoms with E-state index < -0.39 is 0 Å². The molecule has 2 rings (SSSR count). The average molecular weight is 240 g/mol. The first-order chi connectivity index (χ1) is 7.16. The van der Waals surface area contributed by atoms with E-state index in [1.165, 1.54) is 0 Å². The SMILES string of the molecule is Nc1cc(-c2ccccc2Cl)nc(Cl)n1. The maximum Gasteiger partial charge on any atom is 0.224 e. The predicted molar refractivity (Wildman–Crippen MR) is 61.9 cm³/mol. The number of rotatable bonds is 1. The number of nitrogen functional groups attached to an aromatic ring is 1. The van der Waals surface area contributed by atoms with E-state index in [4.69, 9.17) is 28.9 Å². The van der Waals surface area contributed by atoms with Gasteiger partial charge in [-0.05, 0) is 17.7 Å². The Morgan fingerprint density at radius 1 is 1.07 bits per heavy atom. The zero-order valence-corrected chi connectivity index (χ0v) is 9.13. The largest absolute Gasteiger partial charge is 0.384 e. The van der Waals surface area contributed by atoms with Gasteiger partial charge in [-0.3, -0.25) is 0 Å². The number of nitrogens with zero attached hydrogens (tertiary/aromatic N) is 2. The Morgan fingerprint density at radius 2 is 1.80 bits per heavy atom. The van der Waals surface area contributed by atoms with E-state index in [1.54, 1.807) is 12.1 Å². The van der Waals surface area contributed by atoms with Crippen LogP contribution in [0.15, 0.2) is 30.3 Å². The molecule has 5 heteroatoms. The summed E-state index contributed by atoms with van der Waals surface area (Å²) in [5.74, 6) is 0.324. The monoisotopic (exact) mass is 239 g/mol. The minimum Gasteiger partial charge on any atom is -0.384 e. The van der Waals surface area contributed by atoms with E-state index in [2.05, 4.69) is 9.97 Å². The fourth-order valence-electron chi connectivity index (χ4n) is 1.24. The Kier molecular flexibility index (Phi) is 2.75. The van der Waals surface area contributed by atoms with Gasteiger partial charge in [0, 0.05) is 16.7 Å². The Labute approximate surface area is 96.9 Å². The maximum absolute atomic E-state index is 6.02. The van der Waals surface area contributed by atoms with Gasteiger partial charge in [0.1, 0.15) is 5.82 Å². The van der Waals surface area contributed by atoms with Crippen LogP contribution in [0.4, 0.5) is 5.82 Å². The first kappa shape index (κ1) is 10.2. The Hall–Kier alpha value is -1.32. The van der Waals surface area contributed by atoms with E-state index in [9.17, 15) is 0 Å². The van der Waals surface area contributed by atoms with Gasteiger partial charge in [0.05, 0.1) is 5.69 Å².